The Labute approximate surface area is 335 Å². The molecule has 272 valence electrons. The maximum atomic E-state index is 6.87. The van der Waals surface area contributed by atoms with Crippen LogP contribution in [0.5, 0.6) is 0 Å². The molecule has 2 heterocycles. The Bertz CT molecular complexity index is 3480. The van der Waals surface area contributed by atoms with E-state index in [0.717, 1.165) is 55.3 Å². The molecule has 1 aliphatic carbocycles. The van der Waals surface area contributed by atoms with Crippen molar-refractivity contribution in [2.75, 3.05) is 0 Å². The molecule has 0 fully saturated rings. The standard InChI is InChI=1S/C54H35N3O/c1-54(2)44-22-12-10-20-40(44)49-45(54)31-43(48-41-21-11-13-23-46(41)58-50(48)49)53-56-51(55-52(57-53)39-19-9-8-17-37(39)32-14-4-3-5-15-32)36-29-26-34-25-28-35-27-24-33-16-6-7-18-38(33)47(35)42(34)30-36/h3-31H,1-2H3. The van der Waals surface area contributed by atoms with Gasteiger partial charge >= 0.3 is 0 Å². The summed E-state index contributed by atoms with van der Waals surface area (Å²) in [5, 5.41) is 9.26. The second-order valence-corrected chi connectivity index (χ2v) is 15.9. The Morgan fingerprint density at radius 2 is 1.00 bits per heavy atom. The molecule has 0 aliphatic heterocycles. The molecule has 0 saturated carbocycles. The van der Waals surface area contributed by atoms with Gasteiger partial charge in [-0.3, -0.25) is 0 Å². The minimum atomic E-state index is -0.269. The summed E-state index contributed by atoms with van der Waals surface area (Å²) in [6, 6.07) is 62.4. The van der Waals surface area contributed by atoms with E-state index in [9.17, 15) is 0 Å². The molecule has 4 nitrogen and oxygen atoms in total. The van der Waals surface area contributed by atoms with Gasteiger partial charge in [-0.15, -0.1) is 0 Å². The second-order valence-electron chi connectivity index (χ2n) is 15.9. The Hall–Kier alpha value is -7.43. The van der Waals surface area contributed by atoms with Crippen LogP contribution in [0, 0.1) is 0 Å². The molecule has 0 atom stereocenters. The fourth-order valence-electron chi connectivity index (χ4n) is 9.49. The van der Waals surface area contributed by atoms with E-state index >= 15 is 0 Å². The van der Waals surface area contributed by atoms with Gasteiger partial charge in [0.15, 0.2) is 17.5 Å². The summed E-state index contributed by atoms with van der Waals surface area (Å²) >= 11 is 0. The van der Waals surface area contributed by atoms with Gasteiger partial charge in [0.25, 0.3) is 0 Å². The quantitative estimate of drug-likeness (QED) is 0.169. The molecule has 0 unspecified atom stereocenters. The minimum Gasteiger partial charge on any atom is -0.455 e. The number of hydrogen-bond acceptors (Lipinski definition) is 4. The maximum absolute atomic E-state index is 6.87. The maximum Gasteiger partial charge on any atom is 0.164 e. The number of para-hydroxylation sites is 1. The fourth-order valence-corrected chi connectivity index (χ4v) is 9.49. The second kappa shape index (κ2) is 12.3. The van der Waals surface area contributed by atoms with Crippen molar-refractivity contribution in [3.05, 3.63) is 187 Å². The van der Waals surface area contributed by atoms with Crippen LogP contribution < -0.4 is 0 Å². The third kappa shape index (κ3) is 4.78. The number of hydrogen-bond donors (Lipinski definition) is 0. The van der Waals surface area contributed by atoms with Gasteiger partial charge in [0, 0.05) is 38.4 Å². The van der Waals surface area contributed by atoms with Crippen molar-refractivity contribution in [2.45, 2.75) is 19.3 Å². The lowest BCUT2D eigenvalue weighted by Crippen LogP contribution is -2.15. The smallest absolute Gasteiger partial charge is 0.164 e. The largest absolute Gasteiger partial charge is 0.455 e. The third-order valence-electron chi connectivity index (χ3n) is 12.3. The van der Waals surface area contributed by atoms with Crippen LogP contribution >= 0.6 is 0 Å². The number of rotatable bonds is 4. The van der Waals surface area contributed by atoms with Crippen molar-refractivity contribution in [3.8, 4) is 56.4 Å². The summed E-state index contributed by atoms with van der Waals surface area (Å²) in [5.74, 6) is 1.84. The van der Waals surface area contributed by atoms with E-state index in [1.807, 2.05) is 12.1 Å². The zero-order chi connectivity index (χ0) is 38.5. The van der Waals surface area contributed by atoms with Crippen molar-refractivity contribution in [1.29, 1.82) is 0 Å². The highest BCUT2D eigenvalue weighted by atomic mass is 16.3. The average molecular weight is 742 g/mol. The molecular formula is C54H35N3O. The number of benzene rings is 9. The van der Waals surface area contributed by atoms with Crippen LogP contribution in [-0.2, 0) is 5.41 Å². The summed E-state index contributed by atoms with van der Waals surface area (Å²) in [5.41, 5.74) is 11.2. The molecule has 9 aromatic carbocycles. The van der Waals surface area contributed by atoms with E-state index in [2.05, 4.69) is 178 Å². The van der Waals surface area contributed by atoms with Crippen molar-refractivity contribution in [1.82, 2.24) is 15.0 Å². The zero-order valence-electron chi connectivity index (χ0n) is 32.0. The first kappa shape index (κ1) is 32.8. The van der Waals surface area contributed by atoms with E-state index in [4.69, 9.17) is 19.4 Å². The zero-order valence-corrected chi connectivity index (χ0v) is 32.0. The minimum absolute atomic E-state index is 0.269. The molecule has 0 N–H and O–H groups in total. The molecule has 0 amide bonds. The SMILES string of the molecule is CC1(C)c2ccccc2-c2c1cc(-c1nc(-c3ccc4ccc5ccc6ccccc6c5c4c3)nc(-c3ccccc3-c3ccccc3)n1)c1c2oc2ccccc21. The lowest BCUT2D eigenvalue weighted by molar-refractivity contribution is 0.653. The summed E-state index contributed by atoms with van der Waals surface area (Å²) in [7, 11) is 0. The van der Waals surface area contributed by atoms with Crippen molar-refractivity contribution >= 4 is 54.3 Å². The topological polar surface area (TPSA) is 51.8 Å². The fraction of sp³-hybridized carbons (Fsp3) is 0.0556. The molecule has 0 bridgehead atoms. The predicted octanol–water partition coefficient (Wildman–Crippen LogP) is 14.2. The predicted molar refractivity (Wildman–Crippen MR) is 239 cm³/mol. The first-order chi connectivity index (χ1) is 28.5. The van der Waals surface area contributed by atoms with Gasteiger partial charge in [-0.25, -0.2) is 15.0 Å². The number of furan rings is 1. The van der Waals surface area contributed by atoms with E-state index in [-0.39, 0.29) is 5.41 Å². The highest BCUT2D eigenvalue weighted by molar-refractivity contribution is 6.21. The highest BCUT2D eigenvalue weighted by Crippen LogP contribution is 2.54. The molecular weight excluding hydrogens is 707 g/mol. The molecule has 4 heteroatoms. The summed E-state index contributed by atoms with van der Waals surface area (Å²) in [6.45, 7) is 4.61. The van der Waals surface area contributed by atoms with E-state index in [1.54, 1.807) is 0 Å². The third-order valence-corrected chi connectivity index (χ3v) is 12.3. The van der Waals surface area contributed by atoms with E-state index in [0.29, 0.717) is 17.5 Å². The van der Waals surface area contributed by atoms with Crippen molar-refractivity contribution in [2.24, 2.45) is 0 Å². The van der Waals surface area contributed by atoms with Gasteiger partial charge in [-0.1, -0.05) is 172 Å². The molecule has 12 rings (SSSR count). The van der Waals surface area contributed by atoms with E-state index in [1.165, 1.54) is 49.0 Å². The Morgan fingerprint density at radius 3 is 1.83 bits per heavy atom. The van der Waals surface area contributed by atoms with Crippen LogP contribution in [0.1, 0.15) is 25.0 Å². The molecule has 0 spiro atoms. The lowest BCUT2D eigenvalue weighted by atomic mass is 9.81. The van der Waals surface area contributed by atoms with E-state index < -0.39 is 0 Å². The van der Waals surface area contributed by atoms with Gasteiger partial charge in [0.1, 0.15) is 11.2 Å². The lowest BCUT2D eigenvalue weighted by Gasteiger charge is -2.22. The first-order valence-electron chi connectivity index (χ1n) is 19.9. The van der Waals surface area contributed by atoms with Gasteiger partial charge in [-0.2, -0.15) is 0 Å². The molecule has 2 aromatic heterocycles. The first-order valence-corrected chi connectivity index (χ1v) is 19.9. The van der Waals surface area contributed by atoms with Gasteiger partial charge in [0.05, 0.1) is 0 Å². The Balaban J connectivity index is 1.18. The molecule has 11 aromatic rings. The average Bonchev–Trinajstić information content (AvgIpc) is 3.78. The molecule has 0 saturated heterocycles. The van der Waals surface area contributed by atoms with Crippen LogP contribution in [0.4, 0.5) is 0 Å². The summed E-state index contributed by atoms with van der Waals surface area (Å²) in [6.07, 6.45) is 0. The summed E-state index contributed by atoms with van der Waals surface area (Å²) in [4.78, 5) is 16.2. The normalized spacial score (nSPS) is 13.1. The number of aromatic nitrogens is 3. The molecule has 0 radical (unpaired) electrons. The van der Waals surface area contributed by atoms with Gasteiger partial charge in [0.2, 0.25) is 0 Å². The van der Waals surface area contributed by atoms with Gasteiger partial charge in [-0.05, 0) is 78.3 Å². The van der Waals surface area contributed by atoms with Crippen molar-refractivity contribution < 1.29 is 4.42 Å². The van der Waals surface area contributed by atoms with Crippen LogP contribution in [-0.4, -0.2) is 15.0 Å². The highest BCUT2D eigenvalue weighted by Gasteiger charge is 2.39. The monoisotopic (exact) mass is 741 g/mol. The van der Waals surface area contributed by atoms with Crippen LogP contribution in [0.3, 0.4) is 0 Å². The number of fused-ring (bicyclic) bond motifs is 12. The molecule has 58 heavy (non-hydrogen) atoms. The van der Waals surface area contributed by atoms with Crippen LogP contribution in [0.2, 0.25) is 0 Å². The van der Waals surface area contributed by atoms with Crippen molar-refractivity contribution in [3.63, 3.8) is 0 Å². The Morgan fingerprint density at radius 1 is 0.397 bits per heavy atom. The van der Waals surface area contributed by atoms with Gasteiger partial charge < -0.3 is 4.42 Å². The molecule has 1 aliphatic rings. The van der Waals surface area contributed by atoms with Crippen LogP contribution in [0.15, 0.2) is 180 Å². The Kier molecular flexibility index (Phi) is 6.94. The summed E-state index contributed by atoms with van der Waals surface area (Å²) < 4.78 is 6.87. The number of nitrogens with zero attached hydrogens (tertiary/aromatic N) is 3. The van der Waals surface area contributed by atoms with Crippen LogP contribution in [0.25, 0.3) is 111 Å².